The van der Waals surface area contributed by atoms with Crippen LogP contribution >= 0.6 is 0 Å². The maximum absolute atomic E-state index is 12.5. The molecule has 7 heteroatoms. The summed E-state index contributed by atoms with van der Waals surface area (Å²) in [5, 5.41) is 0. The number of imide groups is 1. The quantitative estimate of drug-likeness (QED) is 0.728. The van der Waals surface area contributed by atoms with Gasteiger partial charge < -0.3 is 0 Å². The van der Waals surface area contributed by atoms with E-state index in [1.165, 1.54) is 11.4 Å². The SMILES string of the molecule is Cc1ccc2c(c1)C(=O)N(CCS(=O)(=O)N(C)Cc1ccccc1)C2=O. The van der Waals surface area contributed by atoms with Crippen molar-refractivity contribution in [1.82, 2.24) is 9.21 Å². The molecule has 2 aromatic carbocycles. The molecule has 0 saturated carbocycles. The highest BCUT2D eigenvalue weighted by Gasteiger charge is 2.36. The number of hydrogen-bond acceptors (Lipinski definition) is 4. The standard InChI is InChI=1S/C19H20N2O4S/c1-14-8-9-16-17(12-14)19(23)21(18(16)22)10-11-26(24,25)20(2)13-15-6-4-3-5-7-15/h3-9,12H,10-11,13H2,1-2H3. The molecule has 0 radical (unpaired) electrons. The largest absolute Gasteiger partial charge is 0.273 e. The fourth-order valence-electron chi connectivity index (χ4n) is 2.91. The summed E-state index contributed by atoms with van der Waals surface area (Å²) >= 11 is 0. The number of carbonyl (C=O) groups excluding carboxylic acids is 2. The molecule has 3 rings (SSSR count). The summed E-state index contributed by atoms with van der Waals surface area (Å²) in [4.78, 5) is 25.8. The van der Waals surface area contributed by atoms with Crippen molar-refractivity contribution in [3.8, 4) is 0 Å². The molecule has 0 atom stereocenters. The number of nitrogens with zero attached hydrogens (tertiary/aromatic N) is 2. The van der Waals surface area contributed by atoms with Crippen molar-refractivity contribution < 1.29 is 18.0 Å². The van der Waals surface area contributed by atoms with Gasteiger partial charge in [-0.05, 0) is 24.6 Å². The maximum Gasteiger partial charge on any atom is 0.261 e. The Bertz CT molecular complexity index is 955. The predicted molar refractivity (Wildman–Crippen MR) is 98.2 cm³/mol. The summed E-state index contributed by atoms with van der Waals surface area (Å²) in [5.41, 5.74) is 2.41. The van der Waals surface area contributed by atoms with Gasteiger partial charge in [-0.1, -0.05) is 42.0 Å². The van der Waals surface area contributed by atoms with Crippen LogP contribution < -0.4 is 0 Å². The Kier molecular flexibility index (Phi) is 4.93. The van der Waals surface area contributed by atoms with Crippen LogP contribution in [0.1, 0.15) is 31.8 Å². The van der Waals surface area contributed by atoms with Gasteiger partial charge in [0.1, 0.15) is 0 Å². The first-order valence-corrected chi connectivity index (χ1v) is 9.85. The number of fused-ring (bicyclic) bond motifs is 1. The Balaban J connectivity index is 1.68. The highest BCUT2D eigenvalue weighted by molar-refractivity contribution is 7.89. The molecule has 0 bridgehead atoms. The van der Waals surface area contributed by atoms with E-state index in [9.17, 15) is 18.0 Å². The van der Waals surface area contributed by atoms with E-state index in [0.717, 1.165) is 16.0 Å². The summed E-state index contributed by atoms with van der Waals surface area (Å²) in [6.07, 6.45) is 0. The van der Waals surface area contributed by atoms with Gasteiger partial charge in [-0.25, -0.2) is 12.7 Å². The average molecular weight is 372 g/mol. The number of benzene rings is 2. The molecule has 1 heterocycles. The zero-order chi connectivity index (χ0) is 18.9. The second-order valence-electron chi connectivity index (χ2n) is 6.37. The fraction of sp³-hybridized carbons (Fsp3) is 0.263. The second kappa shape index (κ2) is 7.01. The number of carbonyl (C=O) groups is 2. The van der Waals surface area contributed by atoms with E-state index in [0.29, 0.717) is 11.1 Å². The van der Waals surface area contributed by atoms with E-state index in [1.54, 1.807) is 18.2 Å². The Hall–Kier alpha value is -2.51. The minimum atomic E-state index is -3.60. The van der Waals surface area contributed by atoms with Crippen LogP contribution in [0.3, 0.4) is 0 Å². The minimum Gasteiger partial charge on any atom is -0.273 e. The number of amides is 2. The van der Waals surface area contributed by atoms with Crippen LogP contribution in [0.5, 0.6) is 0 Å². The van der Waals surface area contributed by atoms with Crippen molar-refractivity contribution in [3.05, 3.63) is 70.8 Å². The van der Waals surface area contributed by atoms with Gasteiger partial charge in [-0.2, -0.15) is 0 Å². The summed E-state index contributed by atoms with van der Waals surface area (Å²) in [6, 6.07) is 14.3. The number of sulfonamides is 1. The molecule has 1 aliphatic heterocycles. The lowest BCUT2D eigenvalue weighted by molar-refractivity contribution is 0.0663. The van der Waals surface area contributed by atoms with E-state index in [4.69, 9.17) is 0 Å². The van der Waals surface area contributed by atoms with E-state index in [2.05, 4.69) is 0 Å². The molecule has 0 N–H and O–H groups in total. The van der Waals surface area contributed by atoms with Crippen LogP contribution in [0, 0.1) is 6.92 Å². The van der Waals surface area contributed by atoms with Crippen molar-refractivity contribution in [2.75, 3.05) is 19.3 Å². The summed E-state index contributed by atoms with van der Waals surface area (Å²) in [5.74, 6) is -1.18. The Morgan fingerprint density at radius 1 is 0.962 bits per heavy atom. The molecular weight excluding hydrogens is 352 g/mol. The first-order chi connectivity index (χ1) is 12.3. The first-order valence-electron chi connectivity index (χ1n) is 8.24. The van der Waals surface area contributed by atoms with Gasteiger partial charge in [0.2, 0.25) is 10.0 Å². The summed E-state index contributed by atoms with van der Waals surface area (Å²) in [7, 11) is -2.11. The Labute approximate surface area is 153 Å². The van der Waals surface area contributed by atoms with Crippen LogP contribution in [0.15, 0.2) is 48.5 Å². The van der Waals surface area contributed by atoms with Crippen LogP contribution in [-0.4, -0.2) is 48.8 Å². The normalized spacial score (nSPS) is 14.2. The van der Waals surface area contributed by atoms with Crippen molar-refractivity contribution >= 4 is 21.8 Å². The molecule has 0 aliphatic carbocycles. The van der Waals surface area contributed by atoms with Gasteiger partial charge in [-0.3, -0.25) is 14.5 Å². The summed E-state index contributed by atoms with van der Waals surface area (Å²) in [6.45, 7) is 1.92. The predicted octanol–water partition coefficient (Wildman–Crippen LogP) is 2.05. The fourth-order valence-corrected chi connectivity index (χ4v) is 3.98. The third kappa shape index (κ3) is 3.54. The highest BCUT2D eigenvalue weighted by atomic mass is 32.2. The van der Waals surface area contributed by atoms with E-state index in [-0.39, 0.29) is 18.8 Å². The van der Waals surface area contributed by atoms with Gasteiger partial charge in [0.15, 0.2) is 0 Å². The molecule has 26 heavy (non-hydrogen) atoms. The molecule has 0 fully saturated rings. The average Bonchev–Trinajstić information content (AvgIpc) is 2.84. The maximum atomic E-state index is 12.5. The molecule has 2 aromatic rings. The third-order valence-corrected chi connectivity index (χ3v) is 6.20. The van der Waals surface area contributed by atoms with Crippen molar-refractivity contribution in [2.45, 2.75) is 13.5 Å². The lowest BCUT2D eigenvalue weighted by Crippen LogP contribution is -2.38. The second-order valence-corrected chi connectivity index (χ2v) is 8.56. The molecule has 1 aliphatic rings. The molecule has 6 nitrogen and oxygen atoms in total. The van der Waals surface area contributed by atoms with Gasteiger partial charge in [0, 0.05) is 20.1 Å². The van der Waals surface area contributed by atoms with Crippen LogP contribution in [-0.2, 0) is 16.6 Å². The Morgan fingerprint density at radius 2 is 1.62 bits per heavy atom. The molecule has 136 valence electrons. The number of rotatable bonds is 6. The van der Waals surface area contributed by atoms with Crippen molar-refractivity contribution in [3.63, 3.8) is 0 Å². The minimum absolute atomic E-state index is 0.160. The molecule has 2 amide bonds. The topological polar surface area (TPSA) is 74.8 Å². The smallest absolute Gasteiger partial charge is 0.261 e. The zero-order valence-corrected chi connectivity index (χ0v) is 15.5. The van der Waals surface area contributed by atoms with Crippen molar-refractivity contribution in [2.24, 2.45) is 0 Å². The molecule has 0 aromatic heterocycles. The van der Waals surface area contributed by atoms with Gasteiger partial charge in [0.05, 0.1) is 16.9 Å². The van der Waals surface area contributed by atoms with Gasteiger partial charge >= 0.3 is 0 Å². The van der Waals surface area contributed by atoms with E-state index >= 15 is 0 Å². The zero-order valence-electron chi connectivity index (χ0n) is 14.7. The Morgan fingerprint density at radius 3 is 2.31 bits per heavy atom. The highest BCUT2D eigenvalue weighted by Crippen LogP contribution is 2.24. The molecule has 0 unspecified atom stereocenters. The lowest BCUT2D eigenvalue weighted by atomic mass is 10.1. The summed E-state index contributed by atoms with van der Waals surface area (Å²) < 4.78 is 26.3. The van der Waals surface area contributed by atoms with Crippen LogP contribution in [0.2, 0.25) is 0 Å². The van der Waals surface area contributed by atoms with Crippen molar-refractivity contribution in [1.29, 1.82) is 0 Å². The third-order valence-electron chi connectivity index (χ3n) is 4.42. The molecule has 0 saturated heterocycles. The van der Waals surface area contributed by atoms with Gasteiger partial charge in [0.25, 0.3) is 11.8 Å². The lowest BCUT2D eigenvalue weighted by Gasteiger charge is -2.19. The van der Waals surface area contributed by atoms with Crippen LogP contribution in [0.25, 0.3) is 0 Å². The van der Waals surface area contributed by atoms with Gasteiger partial charge in [-0.15, -0.1) is 0 Å². The van der Waals surface area contributed by atoms with Crippen LogP contribution in [0.4, 0.5) is 0 Å². The first kappa shape index (κ1) is 18.3. The molecule has 0 spiro atoms. The van der Waals surface area contributed by atoms with E-state index in [1.807, 2.05) is 37.3 Å². The molecular formula is C19H20N2O4S. The number of aryl methyl sites for hydroxylation is 1. The monoisotopic (exact) mass is 372 g/mol. The number of hydrogen-bond donors (Lipinski definition) is 0. The van der Waals surface area contributed by atoms with E-state index < -0.39 is 21.8 Å².